The quantitative estimate of drug-likeness (QED) is 0.185. The maximum atomic E-state index is 12.3. The molecule has 0 fully saturated rings. The van der Waals surface area contributed by atoms with Crippen LogP contribution in [-0.4, -0.2) is 48.0 Å². The van der Waals surface area contributed by atoms with Crippen LogP contribution >= 0.6 is 0 Å². The highest BCUT2D eigenvalue weighted by atomic mass is 16.4. The molecular formula is C16H31N5O4. The molecule has 0 heterocycles. The summed E-state index contributed by atoms with van der Waals surface area (Å²) in [6, 6.07) is -0.679. The van der Waals surface area contributed by atoms with Crippen molar-refractivity contribution in [3.8, 4) is 0 Å². The molecule has 0 aliphatic heterocycles. The molecule has 0 aromatic heterocycles. The zero-order chi connectivity index (χ0) is 19.4. The molecule has 0 bridgehead atoms. The van der Waals surface area contributed by atoms with Crippen molar-refractivity contribution >= 4 is 23.7 Å². The Labute approximate surface area is 148 Å². The summed E-state index contributed by atoms with van der Waals surface area (Å²) < 4.78 is 0. The Kier molecular flexibility index (Phi) is 11.0. The number of hydrogen-bond acceptors (Lipinski definition) is 4. The van der Waals surface area contributed by atoms with E-state index in [0.717, 1.165) is 6.42 Å². The zero-order valence-electron chi connectivity index (χ0n) is 15.2. The van der Waals surface area contributed by atoms with Crippen LogP contribution in [0.2, 0.25) is 0 Å². The van der Waals surface area contributed by atoms with Crippen molar-refractivity contribution in [3.05, 3.63) is 0 Å². The average molecular weight is 357 g/mol. The Morgan fingerprint density at radius 2 is 1.72 bits per heavy atom. The molecule has 9 heteroatoms. The van der Waals surface area contributed by atoms with Crippen LogP contribution in [0.3, 0.4) is 0 Å². The van der Waals surface area contributed by atoms with Crippen molar-refractivity contribution in [3.63, 3.8) is 0 Å². The monoisotopic (exact) mass is 357 g/mol. The topological polar surface area (TPSA) is 160 Å². The van der Waals surface area contributed by atoms with E-state index in [1.54, 1.807) is 0 Å². The van der Waals surface area contributed by atoms with Crippen LogP contribution in [0.25, 0.3) is 0 Å². The number of carbonyl (C=O) groups is 3. The second kappa shape index (κ2) is 12.1. The van der Waals surface area contributed by atoms with E-state index in [9.17, 15) is 14.4 Å². The van der Waals surface area contributed by atoms with E-state index in [4.69, 9.17) is 16.6 Å². The van der Waals surface area contributed by atoms with Gasteiger partial charge in [-0.1, -0.05) is 20.8 Å². The third kappa shape index (κ3) is 11.8. The first-order valence-electron chi connectivity index (χ1n) is 8.48. The van der Waals surface area contributed by atoms with Crippen molar-refractivity contribution in [2.24, 2.45) is 28.3 Å². The number of hydrogen-bond donors (Lipinski definition) is 5. The minimum Gasteiger partial charge on any atom is -0.481 e. The maximum Gasteiger partial charge on any atom is 0.304 e. The van der Waals surface area contributed by atoms with E-state index in [1.165, 1.54) is 6.92 Å². The molecule has 0 unspecified atom stereocenters. The van der Waals surface area contributed by atoms with Crippen LogP contribution in [-0.2, 0) is 14.4 Å². The van der Waals surface area contributed by atoms with Gasteiger partial charge < -0.3 is 27.2 Å². The van der Waals surface area contributed by atoms with Gasteiger partial charge in [0.2, 0.25) is 11.8 Å². The number of amides is 2. The highest BCUT2D eigenvalue weighted by molar-refractivity contribution is 5.89. The minimum absolute atomic E-state index is 0.0410. The van der Waals surface area contributed by atoms with Crippen molar-refractivity contribution in [2.75, 3.05) is 13.1 Å². The van der Waals surface area contributed by atoms with Crippen LogP contribution in [0.1, 0.15) is 46.5 Å². The third-order valence-corrected chi connectivity index (χ3v) is 3.45. The van der Waals surface area contributed by atoms with Gasteiger partial charge in [0.05, 0.1) is 6.42 Å². The number of rotatable bonds is 12. The largest absolute Gasteiger partial charge is 0.481 e. The molecule has 0 saturated carbocycles. The molecule has 2 atom stereocenters. The number of aliphatic carboxylic acids is 1. The van der Waals surface area contributed by atoms with Gasteiger partial charge in [-0.2, -0.15) is 0 Å². The Bertz CT molecular complexity index is 475. The predicted molar refractivity (Wildman–Crippen MR) is 95.7 cm³/mol. The van der Waals surface area contributed by atoms with E-state index in [2.05, 4.69) is 15.6 Å². The molecule has 0 aliphatic rings. The summed E-state index contributed by atoms with van der Waals surface area (Å²) in [6.45, 7) is 6.37. The second-order valence-corrected chi connectivity index (χ2v) is 6.49. The molecule has 0 rings (SSSR count). The third-order valence-electron chi connectivity index (χ3n) is 3.45. The lowest BCUT2D eigenvalue weighted by Crippen LogP contribution is -2.49. The number of carboxylic acids is 1. The van der Waals surface area contributed by atoms with Crippen molar-refractivity contribution in [1.82, 2.24) is 10.6 Å². The van der Waals surface area contributed by atoms with E-state index in [1.807, 2.05) is 13.8 Å². The maximum absolute atomic E-state index is 12.3. The summed E-state index contributed by atoms with van der Waals surface area (Å²) in [5, 5.41) is 14.2. The Morgan fingerprint density at radius 1 is 1.08 bits per heavy atom. The number of nitrogens with zero attached hydrogens (tertiary/aromatic N) is 1. The van der Waals surface area contributed by atoms with Gasteiger partial charge in [-0.15, -0.1) is 0 Å². The zero-order valence-corrected chi connectivity index (χ0v) is 15.2. The fourth-order valence-electron chi connectivity index (χ4n) is 2.15. The molecule has 25 heavy (non-hydrogen) atoms. The molecule has 0 aromatic carbocycles. The number of guanidine groups is 1. The first-order valence-corrected chi connectivity index (χ1v) is 8.48. The number of aliphatic imine (C=N–C) groups is 1. The number of carbonyl (C=O) groups excluding carboxylic acids is 2. The lowest BCUT2D eigenvalue weighted by molar-refractivity contribution is -0.141. The van der Waals surface area contributed by atoms with Crippen molar-refractivity contribution in [2.45, 2.75) is 52.5 Å². The summed E-state index contributed by atoms with van der Waals surface area (Å²) in [6.07, 6.45) is 1.65. The molecule has 7 N–H and O–H groups in total. The Morgan fingerprint density at radius 3 is 2.24 bits per heavy atom. The van der Waals surface area contributed by atoms with E-state index in [-0.39, 0.29) is 24.2 Å². The smallest absolute Gasteiger partial charge is 0.304 e. The van der Waals surface area contributed by atoms with Crippen molar-refractivity contribution in [1.29, 1.82) is 0 Å². The predicted octanol–water partition coefficient (Wildman–Crippen LogP) is -0.202. The van der Waals surface area contributed by atoms with E-state index < -0.39 is 23.8 Å². The second-order valence-electron chi connectivity index (χ2n) is 6.49. The molecule has 0 spiro atoms. The molecule has 144 valence electrons. The van der Waals surface area contributed by atoms with Gasteiger partial charge in [-0.3, -0.25) is 19.4 Å². The van der Waals surface area contributed by atoms with E-state index in [0.29, 0.717) is 25.9 Å². The van der Waals surface area contributed by atoms with Gasteiger partial charge in [0.25, 0.3) is 0 Å². The molecule has 0 aliphatic carbocycles. The summed E-state index contributed by atoms with van der Waals surface area (Å²) in [5.74, 6) is -2.21. The summed E-state index contributed by atoms with van der Waals surface area (Å²) in [7, 11) is 0. The highest BCUT2D eigenvalue weighted by Crippen LogP contribution is 2.08. The Hall–Kier alpha value is -2.32. The summed E-state index contributed by atoms with van der Waals surface area (Å²) in [5.41, 5.74) is 10.4. The van der Waals surface area contributed by atoms with Gasteiger partial charge in [-0.25, -0.2) is 0 Å². The van der Waals surface area contributed by atoms with Gasteiger partial charge >= 0.3 is 5.97 Å². The fraction of sp³-hybridized carbons (Fsp3) is 0.750. The van der Waals surface area contributed by atoms with Gasteiger partial charge in [-0.05, 0) is 25.2 Å². The van der Waals surface area contributed by atoms with Crippen LogP contribution in [0.5, 0.6) is 0 Å². The number of unbranched alkanes of at least 4 members (excludes halogenated alkanes) is 1. The van der Waals surface area contributed by atoms with Gasteiger partial charge in [0, 0.05) is 19.0 Å². The molecule has 9 nitrogen and oxygen atoms in total. The number of nitrogens with one attached hydrogen (secondary N) is 2. The Balaban J connectivity index is 4.44. The number of carboxylic acid groups (broad SMARTS) is 1. The molecule has 0 radical (unpaired) electrons. The standard InChI is InChI=1S/C16H31N5O4/c1-10(2)8-12(21-14(24)11(3)9-13(22)23)15(25)19-6-4-5-7-20-16(17)18/h10-12H,4-9H2,1-3H3,(H,19,25)(H,21,24)(H,22,23)(H4,17,18,20)/t11-,12-/m0/s1. The average Bonchev–Trinajstić information content (AvgIpc) is 2.48. The fourth-order valence-corrected chi connectivity index (χ4v) is 2.15. The van der Waals surface area contributed by atoms with Crippen LogP contribution < -0.4 is 22.1 Å². The van der Waals surface area contributed by atoms with Gasteiger partial charge in [0.1, 0.15) is 6.04 Å². The van der Waals surface area contributed by atoms with Gasteiger partial charge in [0.15, 0.2) is 5.96 Å². The molecular weight excluding hydrogens is 326 g/mol. The lowest BCUT2D eigenvalue weighted by Gasteiger charge is -2.21. The normalized spacial score (nSPS) is 13.0. The lowest BCUT2D eigenvalue weighted by atomic mass is 10.0. The SMILES string of the molecule is CC(C)C[C@H](NC(=O)[C@@H](C)CC(=O)O)C(=O)NCCCCN=C(N)N. The van der Waals surface area contributed by atoms with Crippen LogP contribution in [0.4, 0.5) is 0 Å². The minimum atomic E-state index is -1.05. The first kappa shape index (κ1) is 22.7. The molecule has 2 amide bonds. The number of nitrogens with two attached hydrogens (primary N) is 2. The molecule has 0 aromatic rings. The van der Waals surface area contributed by atoms with Crippen LogP contribution in [0.15, 0.2) is 4.99 Å². The summed E-state index contributed by atoms with van der Waals surface area (Å²) in [4.78, 5) is 38.9. The highest BCUT2D eigenvalue weighted by Gasteiger charge is 2.25. The molecule has 0 saturated heterocycles. The van der Waals surface area contributed by atoms with Crippen LogP contribution in [0, 0.1) is 11.8 Å². The van der Waals surface area contributed by atoms with E-state index >= 15 is 0 Å². The summed E-state index contributed by atoms with van der Waals surface area (Å²) >= 11 is 0. The first-order chi connectivity index (χ1) is 11.6. The van der Waals surface area contributed by atoms with Crippen molar-refractivity contribution < 1.29 is 19.5 Å².